The van der Waals surface area contributed by atoms with Gasteiger partial charge in [-0.3, -0.25) is 9.36 Å². The fourth-order valence-corrected chi connectivity index (χ4v) is 4.50. The molecule has 2 aromatic carbocycles. The molecular formula is C24H29N5O5S. The maximum Gasteiger partial charge on any atom is 0.234 e. The highest BCUT2D eigenvalue weighted by Crippen LogP contribution is 2.40. The smallest absolute Gasteiger partial charge is 0.234 e. The molecule has 4 rings (SSSR count). The van der Waals surface area contributed by atoms with E-state index in [4.69, 9.17) is 18.9 Å². The van der Waals surface area contributed by atoms with Crippen LogP contribution in [-0.4, -0.2) is 74.1 Å². The van der Waals surface area contributed by atoms with E-state index in [0.717, 1.165) is 24.6 Å². The third-order valence-corrected chi connectivity index (χ3v) is 6.42. The number of amides is 1. The molecule has 0 saturated carbocycles. The summed E-state index contributed by atoms with van der Waals surface area (Å²) in [4.78, 5) is 15.0. The molecule has 10 nitrogen and oxygen atoms in total. The predicted octanol–water partition coefficient (Wildman–Crippen LogP) is 2.92. The summed E-state index contributed by atoms with van der Waals surface area (Å²) < 4.78 is 23.6. The molecular weight excluding hydrogens is 470 g/mol. The highest BCUT2D eigenvalue weighted by molar-refractivity contribution is 7.99. The Morgan fingerprint density at radius 3 is 2.34 bits per heavy atom. The van der Waals surface area contributed by atoms with Gasteiger partial charge in [-0.25, -0.2) is 0 Å². The third-order valence-electron chi connectivity index (χ3n) is 5.46. The number of nitrogens with one attached hydrogen (secondary N) is 1. The second-order valence-electron chi connectivity index (χ2n) is 7.70. The van der Waals surface area contributed by atoms with E-state index in [-0.39, 0.29) is 11.7 Å². The van der Waals surface area contributed by atoms with E-state index in [9.17, 15) is 4.79 Å². The first kappa shape index (κ1) is 24.7. The van der Waals surface area contributed by atoms with Crippen molar-refractivity contribution in [1.29, 1.82) is 0 Å². The monoisotopic (exact) mass is 499 g/mol. The molecule has 1 aromatic heterocycles. The fourth-order valence-electron chi connectivity index (χ4n) is 3.77. The summed E-state index contributed by atoms with van der Waals surface area (Å²) in [5, 5.41) is 12.4. The lowest BCUT2D eigenvalue weighted by Gasteiger charge is -2.28. The van der Waals surface area contributed by atoms with E-state index in [1.54, 1.807) is 12.1 Å². The number of anilines is 2. The molecule has 0 radical (unpaired) electrons. The predicted molar refractivity (Wildman–Crippen MR) is 134 cm³/mol. The van der Waals surface area contributed by atoms with Crippen LogP contribution < -0.4 is 24.4 Å². The summed E-state index contributed by atoms with van der Waals surface area (Å²) in [5.41, 5.74) is 1.68. The first-order valence-electron chi connectivity index (χ1n) is 11.2. The van der Waals surface area contributed by atoms with Crippen molar-refractivity contribution >= 4 is 29.3 Å². The van der Waals surface area contributed by atoms with Gasteiger partial charge in [-0.05, 0) is 5.56 Å². The number of hydrogen-bond donors (Lipinski definition) is 1. The van der Waals surface area contributed by atoms with Gasteiger partial charge in [-0.1, -0.05) is 42.1 Å². The van der Waals surface area contributed by atoms with Gasteiger partial charge in [0.2, 0.25) is 17.6 Å². The molecule has 186 valence electrons. The number of ether oxygens (including phenoxy) is 4. The standard InChI is InChI=1S/C24H29N5O5S/c1-31-19-13-18(14-20(32-2)22(19)33-3)25-21(30)16-35-24-27-26-23(28-9-11-34-12-10-28)29(24)15-17-7-5-4-6-8-17/h4-8,13-14H,9-12,15-16H2,1-3H3,(H,25,30). The van der Waals surface area contributed by atoms with Crippen LogP contribution in [0.4, 0.5) is 11.6 Å². The van der Waals surface area contributed by atoms with Crippen molar-refractivity contribution in [2.24, 2.45) is 0 Å². The van der Waals surface area contributed by atoms with Crippen molar-refractivity contribution < 1.29 is 23.7 Å². The molecule has 1 amide bonds. The minimum Gasteiger partial charge on any atom is -0.493 e. The van der Waals surface area contributed by atoms with E-state index in [2.05, 4.69) is 37.1 Å². The molecule has 0 spiro atoms. The quantitative estimate of drug-likeness (QED) is 0.422. The van der Waals surface area contributed by atoms with E-state index in [0.29, 0.717) is 47.9 Å². The van der Waals surface area contributed by atoms with Crippen molar-refractivity contribution in [1.82, 2.24) is 14.8 Å². The van der Waals surface area contributed by atoms with Crippen LogP contribution in [0, 0.1) is 0 Å². The Kier molecular flexibility index (Phi) is 8.32. The zero-order valence-corrected chi connectivity index (χ0v) is 20.8. The average Bonchev–Trinajstić information content (AvgIpc) is 3.30. The summed E-state index contributed by atoms with van der Waals surface area (Å²) in [6.07, 6.45) is 0. The Labute approximate surface area is 208 Å². The molecule has 3 aromatic rings. The molecule has 1 saturated heterocycles. The molecule has 35 heavy (non-hydrogen) atoms. The molecule has 2 heterocycles. The second-order valence-corrected chi connectivity index (χ2v) is 8.65. The number of benzene rings is 2. The number of carbonyl (C=O) groups excluding carboxylic acids is 1. The van der Waals surface area contributed by atoms with Gasteiger partial charge < -0.3 is 29.2 Å². The summed E-state index contributed by atoms with van der Waals surface area (Å²) in [5.74, 6) is 2.15. The van der Waals surface area contributed by atoms with Crippen LogP contribution in [0.2, 0.25) is 0 Å². The molecule has 0 atom stereocenters. The van der Waals surface area contributed by atoms with Gasteiger partial charge in [0.15, 0.2) is 16.7 Å². The lowest BCUT2D eigenvalue weighted by Crippen LogP contribution is -2.38. The average molecular weight is 500 g/mol. The van der Waals surface area contributed by atoms with Gasteiger partial charge in [0.1, 0.15) is 0 Å². The lowest BCUT2D eigenvalue weighted by molar-refractivity contribution is -0.113. The minimum absolute atomic E-state index is 0.159. The number of hydrogen-bond acceptors (Lipinski definition) is 9. The molecule has 0 aliphatic carbocycles. The molecule has 1 aliphatic heterocycles. The van der Waals surface area contributed by atoms with Gasteiger partial charge in [0.25, 0.3) is 0 Å². The highest BCUT2D eigenvalue weighted by Gasteiger charge is 2.22. The zero-order chi connectivity index (χ0) is 24.6. The van der Waals surface area contributed by atoms with Gasteiger partial charge >= 0.3 is 0 Å². The van der Waals surface area contributed by atoms with E-state index in [1.165, 1.54) is 33.1 Å². The van der Waals surface area contributed by atoms with Gasteiger partial charge in [-0.15, -0.1) is 10.2 Å². The summed E-state index contributed by atoms with van der Waals surface area (Å²) >= 11 is 1.34. The van der Waals surface area contributed by atoms with Crippen LogP contribution in [0.1, 0.15) is 5.56 Å². The van der Waals surface area contributed by atoms with E-state index >= 15 is 0 Å². The first-order valence-corrected chi connectivity index (χ1v) is 12.1. The molecule has 1 aliphatic rings. The zero-order valence-electron chi connectivity index (χ0n) is 20.0. The van der Waals surface area contributed by atoms with Crippen molar-refractivity contribution in [2.45, 2.75) is 11.7 Å². The summed E-state index contributed by atoms with van der Waals surface area (Å²) in [6.45, 7) is 3.41. The lowest BCUT2D eigenvalue weighted by atomic mass is 10.2. The van der Waals surface area contributed by atoms with Crippen LogP contribution in [0.3, 0.4) is 0 Å². The van der Waals surface area contributed by atoms with Gasteiger partial charge in [-0.2, -0.15) is 0 Å². The molecule has 1 N–H and O–H groups in total. The van der Waals surface area contributed by atoms with Crippen LogP contribution in [0.5, 0.6) is 17.2 Å². The van der Waals surface area contributed by atoms with E-state index in [1.807, 2.05) is 18.2 Å². The topological polar surface area (TPSA) is 100.0 Å². The van der Waals surface area contributed by atoms with Crippen LogP contribution in [0.15, 0.2) is 47.6 Å². The van der Waals surface area contributed by atoms with Crippen molar-refractivity contribution in [3.05, 3.63) is 48.0 Å². The Morgan fingerprint density at radius 2 is 1.71 bits per heavy atom. The first-order chi connectivity index (χ1) is 17.1. The van der Waals surface area contributed by atoms with Crippen molar-refractivity contribution in [3.8, 4) is 17.2 Å². The number of morpholine rings is 1. The number of carbonyl (C=O) groups is 1. The largest absolute Gasteiger partial charge is 0.493 e. The molecule has 1 fully saturated rings. The summed E-state index contributed by atoms with van der Waals surface area (Å²) in [6, 6.07) is 13.5. The maximum absolute atomic E-state index is 12.8. The highest BCUT2D eigenvalue weighted by atomic mass is 32.2. The number of rotatable bonds is 10. The van der Waals surface area contributed by atoms with Gasteiger partial charge in [0, 0.05) is 30.9 Å². The van der Waals surface area contributed by atoms with Crippen molar-refractivity contribution in [2.75, 3.05) is 63.6 Å². The molecule has 11 heteroatoms. The minimum atomic E-state index is -0.188. The number of aromatic nitrogens is 3. The van der Waals surface area contributed by atoms with Crippen molar-refractivity contribution in [3.63, 3.8) is 0 Å². The second kappa shape index (κ2) is 11.8. The molecule has 0 unspecified atom stereocenters. The Bertz CT molecular complexity index is 1110. The Balaban J connectivity index is 1.49. The van der Waals surface area contributed by atoms with Crippen LogP contribution in [-0.2, 0) is 16.1 Å². The SMILES string of the molecule is COc1cc(NC(=O)CSc2nnc(N3CCOCC3)n2Cc2ccccc2)cc(OC)c1OC. The number of thioether (sulfide) groups is 1. The Hall–Kier alpha value is -3.44. The van der Waals surface area contributed by atoms with Crippen LogP contribution in [0.25, 0.3) is 0 Å². The number of methoxy groups -OCH3 is 3. The normalized spacial score (nSPS) is 13.4. The molecule has 0 bridgehead atoms. The third kappa shape index (κ3) is 5.98. The van der Waals surface area contributed by atoms with E-state index < -0.39 is 0 Å². The summed E-state index contributed by atoms with van der Waals surface area (Å²) in [7, 11) is 4.60. The number of nitrogens with zero attached hydrogens (tertiary/aromatic N) is 4. The van der Waals surface area contributed by atoms with Crippen LogP contribution >= 0.6 is 11.8 Å². The Morgan fingerprint density at radius 1 is 1.03 bits per heavy atom. The maximum atomic E-state index is 12.8. The van der Waals surface area contributed by atoms with Gasteiger partial charge in [0.05, 0.1) is 46.8 Å². The fraction of sp³-hybridized carbons (Fsp3) is 0.375.